The van der Waals surface area contributed by atoms with Gasteiger partial charge in [-0.3, -0.25) is 4.68 Å². The fraction of sp³-hybridized carbons (Fsp3) is 0.786. The van der Waals surface area contributed by atoms with E-state index in [0.717, 1.165) is 19.5 Å². The maximum Gasteiger partial charge on any atom is 0.0789 e. The molecular weight excluding hydrogens is 226 g/mol. The number of hydrogen-bond acceptors (Lipinski definition) is 3. The van der Waals surface area contributed by atoms with Crippen molar-refractivity contribution in [2.45, 2.75) is 52.8 Å². The van der Waals surface area contributed by atoms with Crippen molar-refractivity contribution in [3.8, 4) is 0 Å². The number of nitrogens with zero attached hydrogens (tertiary/aromatic N) is 2. The van der Waals surface area contributed by atoms with Crippen LogP contribution in [0.2, 0.25) is 0 Å². The molecule has 0 radical (unpaired) electrons. The summed E-state index contributed by atoms with van der Waals surface area (Å²) in [5, 5.41) is 7.94. The Hall–Kier alpha value is -0.870. The van der Waals surface area contributed by atoms with E-state index in [1.54, 1.807) is 7.11 Å². The van der Waals surface area contributed by atoms with Gasteiger partial charge < -0.3 is 10.1 Å². The normalized spacial score (nSPS) is 15.0. The molecule has 4 nitrogen and oxygen atoms in total. The van der Waals surface area contributed by atoms with Gasteiger partial charge >= 0.3 is 0 Å². The summed E-state index contributed by atoms with van der Waals surface area (Å²) in [6.07, 6.45) is 5.35. The third-order valence-corrected chi connectivity index (χ3v) is 3.21. The average molecular weight is 253 g/mol. The molecular formula is C14H27N3O. The highest BCUT2D eigenvalue weighted by Crippen LogP contribution is 2.24. The lowest BCUT2D eigenvalue weighted by Crippen LogP contribution is -2.36. The standard InChI is InChI=1S/C14H27N3O/c1-6-8-15-13(14(18-5)11(3)4)12-9-16-17(7-2)10-12/h9-11,13-15H,6-8H2,1-5H3. The van der Waals surface area contributed by atoms with Crippen LogP contribution in [0, 0.1) is 5.92 Å². The molecule has 2 atom stereocenters. The van der Waals surface area contributed by atoms with Crippen molar-refractivity contribution < 1.29 is 4.74 Å². The Morgan fingerprint density at radius 2 is 2.11 bits per heavy atom. The predicted molar refractivity (Wildman–Crippen MR) is 74.6 cm³/mol. The van der Waals surface area contributed by atoms with Crippen LogP contribution >= 0.6 is 0 Å². The summed E-state index contributed by atoms with van der Waals surface area (Å²) >= 11 is 0. The lowest BCUT2D eigenvalue weighted by Gasteiger charge is -2.29. The summed E-state index contributed by atoms with van der Waals surface area (Å²) < 4.78 is 7.63. The van der Waals surface area contributed by atoms with Crippen LogP contribution < -0.4 is 5.32 Å². The second-order valence-electron chi connectivity index (χ2n) is 5.01. The highest BCUT2D eigenvalue weighted by Gasteiger charge is 2.26. The zero-order valence-corrected chi connectivity index (χ0v) is 12.3. The van der Waals surface area contributed by atoms with Gasteiger partial charge in [0.25, 0.3) is 0 Å². The number of methoxy groups -OCH3 is 1. The zero-order chi connectivity index (χ0) is 13.5. The summed E-state index contributed by atoms with van der Waals surface area (Å²) in [5.74, 6) is 0.467. The molecule has 0 bridgehead atoms. The van der Waals surface area contributed by atoms with Gasteiger partial charge in [0.15, 0.2) is 0 Å². The number of aromatic nitrogens is 2. The van der Waals surface area contributed by atoms with Crippen LogP contribution in [-0.4, -0.2) is 29.5 Å². The monoisotopic (exact) mass is 253 g/mol. The zero-order valence-electron chi connectivity index (χ0n) is 12.3. The number of hydrogen-bond donors (Lipinski definition) is 1. The van der Waals surface area contributed by atoms with Gasteiger partial charge in [0.1, 0.15) is 0 Å². The summed E-state index contributed by atoms with van der Waals surface area (Å²) in [6, 6.07) is 0.218. The van der Waals surface area contributed by atoms with Crippen molar-refractivity contribution in [3.05, 3.63) is 18.0 Å². The summed E-state index contributed by atoms with van der Waals surface area (Å²) in [7, 11) is 1.79. The van der Waals surface area contributed by atoms with Crippen LogP contribution in [0.15, 0.2) is 12.4 Å². The van der Waals surface area contributed by atoms with E-state index in [1.807, 2.05) is 10.9 Å². The largest absolute Gasteiger partial charge is 0.379 e. The number of ether oxygens (including phenoxy) is 1. The van der Waals surface area contributed by atoms with Crippen molar-refractivity contribution >= 4 is 0 Å². The Labute approximate surface area is 111 Å². The minimum atomic E-state index is 0.172. The predicted octanol–water partition coefficient (Wildman–Crippen LogP) is 2.61. The molecule has 104 valence electrons. The van der Waals surface area contributed by atoms with Crippen molar-refractivity contribution in [1.82, 2.24) is 15.1 Å². The fourth-order valence-corrected chi connectivity index (χ4v) is 2.23. The first-order chi connectivity index (χ1) is 8.63. The Morgan fingerprint density at radius 3 is 2.56 bits per heavy atom. The van der Waals surface area contributed by atoms with Gasteiger partial charge in [-0.1, -0.05) is 20.8 Å². The first-order valence-corrected chi connectivity index (χ1v) is 6.92. The van der Waals surface area contributed by atoms with Gasteiger partial charge in [-0.15, -0.1) is 0 Å². The number of aryl methyl sites for hydroxylation is 1. The second-order valence-corrected chi connectivity index (χ2v) is 5.01. The molecule has 0 fully saturated rings. The van der Waals surface area contributed by atoms with Gasteiger partial charge in [-0.2, -0.15) is 5.10 Å². The molecule has 18 heavy (non-hydrogen) atoms. The molecule has 0 saturated heterocycles. The summed E-state index contributed by atoms with van der Waals surface area (Å²) in [6.45, 7) is 10.6. The van der Waals surface area contributed by atoms with E-state index in [-0.39, 0.29) is 12.1 Å². The third kappa shape index (κ3) is 3.82. The molecule has 1 heterocycles. The van der Waals surface area contributed by atoms with Crippen molar-refractivity contribution in [3.63, 3.8) is 0 Å². The van der Waals surface area contributed by atoms with Crippen molar-refractivity contribution in [2.24, 2.45) is 5.92 Å². The summed E-state index contributed by atoms with van der Waals surface area (Å²) in [4.78, 5) is 0. The van der Waals surface area contributed by atoms with Crippen molar-refractivity contribution in [1.29, 1.82) is 0 Å². The highest BCUT2D eigenvalue weighted by atomic mass is 16.5. The maximum atomic E-state index is 5.67. The molecule has 1 N–H and O–H groups in total. The maximum absolute atomic E-state index is 5.67. The first kappa shape index (κ1) is 15.2. The Kier molecular flexibility index (Phi) is 6.36. The van der Waals surface area contributed by atoms with Crippen LogP contribution in [0.3, 0.4) is 0 Å². The molecule has 0 aliphatic carbocycles. The lowest BCUT2D eigenvalue weighted by molar-refractivity contribution is 0.0326. The SMILES string of the molecule is CCCNC(c1cnn(CC)c1)C(OC)C(C)C. The van der Waals surface area contributed by atoms with E-state index in [2.05, 4.69) is 44.3 Å². The van der Waals surface area contributed by atoms with E-state index in [1.165, 1.54) is 5.56 Å². The summed E-state index contributed by atoms with van der Waals surface area (Å²) in [5.41, 5.74) is 1.21. The molecule has 1 rings (SSSR count). The van der Waals surface area contributed by atoms with Crippen LogP contribution in [0.4, 0.5) is 0 Å². The molecule has 1 aromatic rings. The topological polar surface area (TPSA) is 39.1 Å². The van der Waals surface area contributed by atoms with Gasteiger partial charge in [0.05, 0.1) is 18.3 Å². The van der Waals surface area contributed by atoms with E-state index >= 15 is 0 Å². The molecule has 1 aromatic heterocycles. The molecule has 0 aromatic carbocycles. The van der Waals surface area contributed by atoms with Crippen LogP contribution in [0.5, 0.6) is 0 Å². The molecule has 0 spiro atoms. The van der Waals surface area contributed by atoms with Crippen LogP contribution in [0.25, 0.3) is 0 Å². The van der Waals surface area contributed by atoms with Gasteiger partial charge in [-0.25, -0.2) is 0 Å². The fourth-order valence-electron chi connectivity index (χ4n) is 2.23. The molecule has 4 heteroatoms. The smallest absolute Gasteiger partial charge is 0.0789 e. The van der Waals surface area contributed by atoms with Gasteiger partial charge in [0, 0.05) is 25.4 Å². The molecule has 0 aliphatic rings. The number of rotatable bonds is 8. The second kappa shape index (κ2) is 7.54. The quantitative estimate of drug-likeness (QED) is 0.774. The van der Waals surface area contributed by atoms with E-state index in [0.29, 0.717) is 5.92 Å². The van der Waals surface area contributed by atoms with Gasteiger partial charge in [0.2, 0.25) is 0 Å². The van der Waals surface area contributed by atoms with E-state index < -0.39 is 0 Å². The minimum Gasteiger partial charge on any atom is -0.379 e. The lowest BCUT2D eigenvalue weighted by atomic mass is 9.95. The molecule has 0 amide bonds. The third-order valence-electron chi connectivity index (χ3n) is 3.21. The minimum absolute atomic E-state index is 0.172. The Morgan fingerprint density at radius 1 is 1.39 bits per heavy atom. The number of nitrogens with one attached hydrogen (secondary N) is 1. The van der Waals surface area contributed by atoms with Crippen LogP contribution in [-0.2, 0) is 11.3 Å². The molecule has 0 saturated carbocycles. The van der Waals surface area contributed by atoms with Crippen molar-refractivity contribution in [2.75, 3.05) is 13.7 Å². The Bertz CT molecular complexity index is 336. The van der Waals surface area contributed by atoms with E-state index in [9.17, 15) is 0 Å². The average Bonchev–Trinajstić information content (AvgIpc) is 2.82. The molecule has 0 aliphatic heterocycles. The Balaban J connectivity index is 2.88. The van der Waals surface area contributed by atoms with Crippen LogP contribution in [0.1, 0.15) is 45.7 Å². The van der Waals surface area contributed by atoms with E-state index in [4.69, 9.17) is 4.74 Å². The van der Waals surface area contributed by atoms with Gasteiger partial charge in [-0.05, 0) is 25.8 Å². The molecule has 2 unspecified atom stereocenters. The first-order valence-electron chi connectivity index (χ1n) is 6.92. The highest BCUT2D eigenvalue weighted by molar-refractivity contribution is 5.13.